The maximum atomic E-state index is 12.2. The van der Waals surface area contributed by atoms with Gasteiger partial charge in [0.2, 0.25) is 5.91 Å². The van der Waals surface area contributed by atoms with Gasteiger partial charge in [0.15, 0.2) is 0 Å². The van der Waals surface area contributed by atoms with Crippen LogP contribution in [0.4, 0.5) is 5.69 Å². The minimum absolute atomic E-state index is 0.0135. The molecule has 1 aliphatic rings. The summed E-state index contributed by atoms with van der Waals surface area (Å²) in [4.78, 5) is 14.0. The number of alkyl halides is 1. The monoisotopic (exact) mass is 265 g/mol. The Hall–Kier alpha value is -1.02. The Bertz CT molecular complexity index is 481. The molecular weight excluding hydrogens is 246 g/mol. The lowest BCUT2D eigenvalue weighted by Crippen LogP contribution is -2.52. The minimum Gasteiger partial charge on any atom is -0.306 e. The molecule has 1 atom stereocenters. The van der Waals surface area contributed by atoms with Crippen molar-refractivity contribution < 1.29 is 4.79 Å². The number of halogens is 1. The summed E-state index contributed by atoms with van der Waals surface area (Å²) in [6.07, 6.45) is 0.964. The van der Waals surface area contributed by atoms with Crippen LogP contribution in [0, 0.1) is 6.92 Å². The standard InChI is InChI=1S/C15H20ClNO/c1-10-5-6-12-11(2)8-15(3,4)17(13(12)7-10)14(18)9-16/h5-7,11H,8-9H2,1-4H3. The Morgan fingerprint density at radius 2 is 2.17 bits per heavy atom. The van der Waals surface area contributed by atoms with Gasteiger partial charge in [-0.15, -0.1) is 11.6 Å². The average Bonchev–Trinajstić information content (AvgIpc) is 2.26. The topological polar surface area (TPSA) is 20.3 Å². The second-order valence-electron chi connectivity index (χ2n) is 5.84. The van der Waals surface area contributed by atoms with Crippen LogP contribution in [0.1, 0.15) is 44.2 Å². The van der Waals surface area contributed by atoms with Gasteiger partial charge < -0.3 is 4.90 Å². The van der Waals surface area contributed by atoms with Crippen molar-refractivity contribution in [2.75, 3.05) is 10.8 Å². The largest absolute Gasteiger partial charge is 0.306 e. The summed E-state index contributed by atoms with van der Waals surface area (Å²) in [5.74, 6) is 0.487. The van der Waals surface area contributed by atoms with Crippen molar-refractivity contribution in [1.29, 1.82) is 0 Å². The number of anilines is 1. The quantitative estimate of drug-likeness (QED) is 0.706. The van der Waals surface area contributed by atoms with Crippen molar-refractivity contribution in [2.45, 2.75) is 45.6 Å². The third-order valence-corrected chi connectivity index (χ3v) is 3.96. The highest BCUT2D eigenvalue weighted by Crippen LogP contribution is 2.43. The molecule has 1 heterocycles. The third kappa shape index (κ3) is 2.14. The zero-order chi connectivity index (χ0) is 13.5. The van der Waals surface area contributed by atoms with E-state index in [4.69, 9.17) is 11.6 Å². The first-order chi connectivity index (χ1) is 8.36. The normalized spacial score (nSPS) is 21.6. The van der Waals surface area contributed by atoms with E-state index in [1.807, 2.05) is 4.90 Å². The van der Waals surface area contributed by atoms with Crippen LogP contribution in [-0.4, -0.2) is 17.3 Å². The molecule has 1 unspecified atom stereocenters. The van der Waals surface area contributed by atoms with Crippen LogP contribution < -0.4 is 4.90 Å². The number of rotatable bonds is 1. The second kappa shape index (κ2) is 4.58. The average molecular weight is 266 g/mol. The van der Waals surface area contributed by atoms with Crippen molar-refractivity contribution >= 4 is 23.2 Å². The van der Waals surface area contributed by atoms with Crippen LogP contribution in [-0.2, 0) is 4.79 Å². The lowest BCUT2D eigenvalue weighted by atomic mass is 9.79. The molecule has 0 radical (unpaired) electrons. The fourth-order valence-electron chi connectivity index (χ4n) is 3.07. The SMILES string of the molecule is Cc1ccc2c(c1)N(C(=O)CCl)C(C)(C)CC2C. The lowest BCUT2D eigenvalue weighted by Gasteiger charge is -2.46. The van der Waals surface area contributed by atoms with Crippen LogP contribution in [0.2, 0.25) is 0 Å². The van der Waals surface area contributed by atoms with E-state index in [2.05, 4.69) is 45.9 Å². The number of hydrogen-bond acceptors (Lipinski definition) is 1. The van der Waals surface area contributed by atoms with Crippen LogP contribution >= 0.6 is 11.6 Å². The molecule has 1 aliphatic heterocycles. The van der Waals surface area contributed by atoms with Gasteiger partial charge >= 0.3 is 0 Å². The van der Waals surface area contributed by atoms with E-state index in [9.17, 15) is 4.79 Å². The highest BCUT2D eigenvalue weighted by atomic mass is 35.5. The van der Waals surface area contributed by atoms with Gasteiger partial charge in [-0.25, -0.2) is 0 Å². The molecule has 1 amide bonds. The lowest BCUT2D eigenvalue weighted by molar-refractivity contribution is -0.117. The molecular formula is C15H20ClNO. The second-order valence-corrected chi connectivity index (χ2v) is 6.11. The molecule has 98 valence electrons. The summed E-state index contributed by atoms with van der Waals surface area (Å²) in [6.45, 7) is 8.49. The Labute approximate surface area is 114 Å². The zero-order valence-corrected chi connectivity index (χ0v) is 12.2. The molecule has 2 nitrogen and oxygen atoms in total. The number of carbonyl (C=O) groups is 1. The minimum atomic E-state index is -0.174. The summed E-state index contributed by atoms with van der Waals surface area (Å²) in [5, 5.41) is 0. The highest BCUT2D eigenvalue weighted by Gasteiger charge is 2.39. The first kappa shape index (κ1) is 13.4. The van der Waals surface area contributed by atoms with E-state index < -0.39 is 0 Å². The number of amides is 1. The number of nitrogens with zero attached hydrogens (tertiary/aromatic N) is 1. The molecule has 0 saturated carbocycles. The fourth-order valence-corrected chi connectivity index (χ4v) is 3.19. The molecule has 0 aliphatic carbocycles. The van der Waals surface area contributed by atoms with Gasteiger partial charge in [0, 0.05) is 11.2 Å². The summed E-state index contributed by atoms with van der Waals surface area (Å²) in [7, 11) is 0. The van der Waals surface area contributed by atoms with Crippen LogP contribution in [0.3, 0.4) is 0 Å². The molecule has 0 spiro atoms. The first-order valence-corrected chi connectivity index (χ1v) is 6.90. The maximum absolute atomic E-state index is 12.2. The molecule has 0 N–H and O–H groups in total. The molecule has 18 heavy (non-hydrogen) atoms. The van der Waals surface area contributed by atoms with Gasteiger partial charge in [-0.2, -0.15) is 0 Å². The summed E-state index contributed by atoms with van der Waals surface area (Å²) >= 11 is 5.76. The van der Waals surface area contributed by atoms with Gasteiger partial charge in [0.1, 0.15) is 5.88 Å². The van der Waals surface area contributed by atoms with Crippen molar-refractivity contribution in [2.24, 2.45) is 0 Å². The maximum Gasteiger partial charge on any atom is 0.242 e. The van der Waals surface area contributed by atoms with Gasteiger partial charge in [0.25, 0.3) is 0 Å². The Balaban J connectivity index is 2.60. The first-order valence-electron chi connectivity index (χ1n) is 6.36. The molecule has 1 aromatic carbocycles. The number of benzene rings is 1. The third-order valence-electron chi connectivity index (χ3n) is 3.73. The van der Waals surface area contributed by atoms with Crippen molar-refractivity contribution in [1.82, 2.24) is 0 Å². The summed E-state index contributed by atoms with van der Waals surface area (Å²) in [5.41, 5.74) is 3.28. The van der Waals surface area contributed by atoms with E-state index in [-0.39, 0.29) is 17.3 Å². The number of hydrogen-bond donors (Lipinski definition) is 0. The van der Waals surface area contributed by atoms with Crippen LogP contribution in [0.15, 0.2) is 18.2 Å². The number of aryl methyl sites for hydroxylation is 1. The molecule has 0 aromatic heterocycles. The molecule has 0 saturated heterocycles. The fraction of sp³-hybridized carbons (Fsp3) is 0.533. The van der Waals surface area contributed by atoms with Crippen LogP contribution in [0.25, 0.3) is 0 Å². The summed E-state index contributed by atoms with van der Waals surface area (Å²) < 4.78 is 0. The smallest absolute Gasteiger partial charge is 0.242 e. The molecule has 3 heteroatoms. The van der Waals surface area contributed by atoms with Gasteiger partial charge in [-0.1, -0.05) is 19.1 Å². The Kier molecular flexibility index (Phi) is 3.41. The van der Waals surface area contributed by atoms with E-state index in [0.717, 1.165) is 12.1 Å². The van der Waals surface area contributed by atoms with Crippen molar-refractivity contribution in [3.63, 3.8) is 0 Å². The van der Waals surface area contributed by atoms with Crippen molar-refractivity contribution in [3.05, 3.63) is 29.3 Å². The van der Waals surface area contributed by atoms with E-state index in [0.29, 0.717) is 5.92 Å². The Morgan fingerprint density at radius 3 is 2.78 bits per heavy atom. The molecule has 0 bridgehead atoms. The van der Waals surface area contributed by atoms with Crippen LogP contribution in [0.5, 0.6) is 0 Å². The van der Waals surface area contributed by atoms with E-state index >= 15 is 0 Å². The van der Waals surface area contributed by atoms with Gasteiger partial charge in [0.05, 0.1) is 0 Å². The number of fused-ring (bicyclic) bond motifs is 1. The number of carbonyl (C=O) groups excluding carboxylic acids is 1. The predicted molar refractivity (Wildman–Crippen MR) is 76.5 cm³/mol. The van der Waals surface area contributed by atoms with Gasteiger partial charge in [-0.05, 0) is 50.3 Å². The van der Waals surface area contributed by atoms with Gasteiger partial charge in [-0.3, -0.25) is 4.79 Å². The zero-order valence-electron chi connectivity index (χ0n) is 11.5. The highest BCUT2D eigenvalue weighted by molar-refractivity contribution is 6.29. The van der Waals surface area contributed by atoms with E-state index in [1.54, 1.807) is 0 Å². The summed E-state index contributed by atoms with van der Waals surface area (Å²) in [6, 6.07) is 6.34. The molecule has 2 rings (SSSR count). The van der Waals surface area contributed by atoms with E-state index in [1.165, 1.54) is 11.1 Å². The molecule has 1 aromatic rings. The van der Waals surface area contributed by atoms with Crippen molar-refractivity contribution in [3.8, 4) is 0 Å². The molecule has 0 fully saturated rings. The predicted octanol–water partition coefficient (Wildman–Crippen LogP) is 3.85. The Morgan fingerprint density at radius 1 is 1.50 bits per heavy atom.